The molecule has 0 saturated carbocycles. The normalized spacial score (nSPS) is 12.1. The molecule has 2 N–H and O–H groups in total. The van der Waals surface area contributed by atoms with Gasteiger partial charge in [0, 0.05) is 12.6 Å². The minimum Gasteiger partial charge on any atom is -0.493 e. The van der Waals surface area contributed by atoms with Crippen molar-refractivity contribution in [1.29, 1.82) is 0 Å². The fraction of sp³-hybridized carbons (Fsp3) is 0.571. The summed E-state index contributed by atoms with van der Waals surface area (Å²) in [6.45, 7) is 2.79. The van der Waals surface area contributed by atoms with Crippen LogP contribution in [-0.4, -0.2) is 39.1 Å². The van der Waals surface area contributed by atoms with Gasteiger partial charge in [0.25, 0.3) is 0 Å². The number of rotatable bonds is 8. The van der Waals surface area contributed by atoms with Gasteiger partial charge < -0.3 is 24.6 Å². The highest BCUT2D eigenvalue weighted by molar-refractivity contribution is 5.53. The molecule has 0 bridgehead atoms. The van der Waals surface area contributed by atoms with Gasteiger partial charge in [-0.3, -0.25) is 0 Å². The third kappa shape index (κ3) is 4.01. The average molecular weight is 269 g/mol. The average Bonchev–Trinajstić information content (AvgIpc) is 2.46. The Morgan fingerprint density at radius 1 is 1.11 bits per heavy atom. The van der Waals surface area contributed by atoms with Crippen molar-refractivity contribution in [2.24, 2.45) is 0 Å². The Morgan fingerprint density at radius 3 is 2.05 bits per heavy atom. The lowest BCUT2D eigenvalue weighted by Crippen LogP contribution is -2.31. The predicted molar refractivity (Wildman–Crippen MR) is 74.1 cm³/mol. The number of nitrogens with one attached hydrogen (secondary N) is 1. The summed E-state index contributed by atoms with van der Waals surface area (Å²) in [6, 6.07) is 3.90. The van der Waals surface area contributed by atoms with Crippen LogP contribution in [0.5, 0.6) is 17.2 Å². The number of hydrogen-bond acceptors (Lipinski definition) is 5. The van der Waals surface area contributed by atoms with E-state index in [1.807, 2.05) is 19.1 Å². The predicted octanol–water partition coefficient (Wildman–Crippen LogP) is 1.57. The Morgan fingerprint density at radius 2 is 1.68 bits per heavy atom. The van der Waals surface area contributed by atoms with Gasteiger partial charge in [0.15, 0.2) is 11.5 Å². The molecule has 0 radical (unpaired) electrons. The van der Waals surface area contributed by atoms with Gasteiger partial charge in [0.2, 0.25) is 5.75 Å². The van der Waals surface area contributed by atoms with E-state index in [4.69, 9.17) is 19.3 Å². The van der Waals surface area contributed by atoms with Gasteiger partial charge in [-0.2, -0.15) is 0 Å². The summed E-state index contributed by atoms with van der Waals surface area (Å²) in [7, 11) is 4.77. The highest BCUT2D eigenvalue weighted by Gasteiger charge is 2.13. The summed E-state index contributed by atoms with van der Waals surface area (Å²) >= 11 is 0. The molecule has 0 fully saturated rings. The first-order valence-corrected chi connectivity index (χ1v) is 6.33. The molecule has 19 heavy (non-hydrogen) atoms. The van der Waals surface area contributed by atoms with Crippen LogP contribution in [0.3, 0.4) is 0 Å². The number of ether oxygens (including phenoxy) is 3. The van der Waals surface area contributed by atoms with Gasteiger partial charge in [0.05, 0.1) is 27.9 Å². The monoisotopic (exact) mass is 269 g/mol. The molecule has 0 amide bonds. The number of hydrogen-bond donors (Lipinski definition) is 2. The molecule has 1 aromatic carbocycles. The standard InChI is InChI=1S/C14H23NO4/c1-5-11(9-16)15-8-10-6-12(17-2)14(19-4)13(7-10)18-3/h6-7,11,15-16H,5,8-9H2,1-4H3/t11-/m0/s1. The lowest BCUT2D eigenvalue weighted by molar-refractivity contribution is 0.238. The molecule has 0 aliphatic rings. The van der Waals surface area contributed by atoms with Crippen LogP contribution in [0.2, 0.25) is 0 Å². The zero-order valence-corrected chi connectivity index (χ0v) is 12.0. The van der Waals surface area contributed by atoms with Gasteiger partial charge in [-0.25, -0.2) is 0 Å². The Bertz CT molecular complexity index is 366. The van der Waals surface area contributed by atoms with Crippen LogP contribution in [0.15, 0.2) is 12.1 Å². The molecule has 0 unspecified atom stereocenters. The molecule has 5 heteroatoms. The van der Waals surface area contributed by atoms with Crippen molar-refractivity contribution in [2.75, 3.05) is 27.9 Å². The lowest BCUT2D eigenvalue weighted by Gasteiger charge is -2.17. The van der Waals surface area contributed by atoms with Crippen LogP contribution < -0.4 is 19.5 Å². The van der Waals surface area contributed by atoms with Crippen LogP contribution >= 0.6 is 0 Å². The third-order valence-corrected chi connectivity index (χ3v) is 3.03. The van der Waals surface area contributed by atoms with Crippen LogP contribution in [0, 0.1) is 0 Å². The molecular weight excluding hydrogens is 246 g/mol. The fourth-order valence-corrected chi connectivity index (χ4v) is 1.84. The van der Waals surface area contributed by atoms with Crippen LogP contribution in [0.4, 0.5) is 0 Å². The first kappa shape index (κ1) is 15.6. The molecule has 1 rings (SSSR count). The number of aliphatic hydroxyl groups excluding tert-OH is 1. The highest BCUT2D eigenvalue weighted by atomic mass is 16.5. The molecule has 1 atom stereocenters. The second-order valence-electron chi connectivity index (χ2n) is 4.20. The number of aliphatic hydroxyl groups is 1. The quantitative estimate of drug-likeness (QED) is 0.750. The van der Waals surface area contributed by atoms with Crippen molar-refractivity contribution < 1.29 is 19.3 Å². The first-order valence-electron chi connectivity index (χ1n) is 6.33. The summed E-state index contributed by atoms with van der Waals surface area (Å²) in [4.78, 5) is 0. The second-order valence-corrected chi connectivity index (χ2v) is 4.20. The van der Waals surface area contributed by atoms with Crippen molar-refractivity contribution in [1.82, 2.24) is 5.32 Å². The maximum Gasteiger partial charge on any atom is 0.203 e. The summed E-state index contributed by atoms with van der Waals surface area (Å²) in [5.74, 6) is 1.86. The number of benzene rings is 1. The molecule has 5 nitrogen and oxygen atoms in total. The van der Waals surface area contributed by atoms with Crippen molar-refractivity contribution in [2.45, 2.75) is 25.9 Å². The molecular formula is C14H23NO4. The largest absolute Gasteiger partial charge is 0.493 e. The molecule has 0 saturated heterocycles. The summed E-state index contributed by atoms with van der Waals surface area (Å²) in [6.07, 6.45) is 0.876. The Labute approximate surface area is 114 Å². The minimum absolute atomic E-state index is 0.0964. The van der Waals surface area contributed by atoms with E-state index in [-0.39, 0.29) is 12.6 Å². The third-order valence-electron chi connectivity index (χ3n) is 3.03. The van der Waals surface area contributed by atoms with Gasteiger partial charge >= 0.3 is 0 Å². The second kappa shape index (κ2) is 7.86. The topological polar surface area (TPSA) is 60.0 Å². The molecule has 0 heterocycles. The van der Waals surface area contributed by atoms with Gasteiger partial charge in [-0.1, -0.05) is 6.92 Å². The van der Waals surface area contributed by atoms with E-state index in [0.29, 0.717) is 23.8 Å². The van der Waals surface area contributed by atoms with E-state index in [9.17, 15) is 0 Å². The van der Waals surface area contributed by atoms with Crippen LogP contribution in [0.25, 0.3) is 0 Å². The summed E-state index contributed by atoms with van der Waals surface area (Å²) < 4.78 is 15.9. The van der Waals surface area contributed by atoms with Crippen LogP contribution in [0.1, 0.15) is 18.9 Å². The zero-order chi connectivity index (χ0) is 14.3. The molecule has 1 aromatic rings. The Balaban J connectivity index is 2.90. The van der Waals surface area contributed by atoms with Crippen molar-refractivity contribution in [3.63, 3.8) is 0 Å². The molecule has 0 spiro atoms. The Hall–Kier alpha value is -1.46. The first-order chi connectivity index (χ1) is 9.19. The molecule has 0 aliphatic carbocycles. The van der Waals surface area contributed by atoms with E-state index in [0.717, 1.165) is 12.0 Å². The van der Waals surface area contributed by atoms with Crippen molar-refractivity contribution in [3.05, 3.63) is 17.7 Å². The van der Waals surface area contributed by atoms with Gasteiger partial charge in [-0.15, -0.1) is 0 Å². The molecule has 0 aromatic heterocycles. The van der Waals surface area contributed by atoms with E-state index in [1.165, 1.54) is 0 Å². The van der Waals surface area contributed by atoms with Gasteiger partial charge in [0.1, 0.15) is 0 Å². The minimum atomic E-state index is 0.0964. The maximum atomic E-state index is 9.16. The summed E-state index contributed by atoms with van der Waals surface area (Å²) in [5.41, 5.74) is 1.02. The maximum absolute atomic E-state index is 9.16. The van der Waals surface area contributed by atoms with Crippen molar-refractivity contribution >= 4 is 0 Å². The van der Waals surface area contributed by atoms with E-state index >= 15 is 0 Å². The van der Waals surface area contributed by atoms with Crippen LogP contribution in [-0.2, 0) is 6.54 Å². The zero-order valence-electron chi connectivity index (χ0n) is 12.0. The lowest BCUT2D eigenvalue weighted by atomic mass is 10.1. The van der Waals surface area contributed by atoms with Crippen molar-refractivity contribution in [3.8, 4) is 17.2 Å². The smallest absolute Gasteiger partial charge is 0.203 e. The van der Waals surface area contributed by atoms with E-state index < -0.39 is 0 Å². The molecule has 108 valence electrons. The van der Waals surface area contributed by atoms with E-state index in [2.05, 4.69) is 5.32 Å². The number of methoxy groups -OCH3 is 3. The summed E-state index contributed by atoms with van der Waals surface area (Å²) in [5, 5.41) is 12.4. The van der Waals surface area contributed by atoms with Gasteiger partial charge in [-0.05, 0) is 24.1 Å². The molecule has 0 aliphatic heterocycles. The highest BCUT2D eigenvalue weighted by Crippen LogP contribution is 2.38. The Kier molecular flexibility index (Phi) is 6.45. The fourth-order valence-electron chi connectivity index (χ4n) is 1.84. The SMILES string of the molecule is CC[C@@H](CO)NCc1cc(OC)c(OC)c(OC)c1. The van der Waals surface area contributed by atoms with E-state index in [1.54, 1.807) is 21.3 Å².